The summed E-state index contributed by atoms with van der Waals surface area (Å²) in [7, 11) is 0. The highest BCUT2D eigenvalue weighted by molar-refractivity contribution is 7.99. The van der Waals surface area contributed by atoms with Gasteiger partial charge >= 0.3 is 0 Å². The third kappa shape index (κ3) is 6.59. The molecular weight excluding hydrogens is 265 g/mol. The van der Waals surface area contributed by atoms with Gasteiger partial charge in [-0.1, -0.05) is 19.1 Å². The molecule has 0 fully saturated rings. The minimum atomic E-state index is -0.246. The predicted molar refractivity (Wildman–Crippen MR) is 75.6 cm³/mol. The van der Waals surface area contributed by atoms with Gasteiger partial charge in [0.05, 0.1) is 0 Å². The standard InChI is InChI=1S/C14H20FNO2S/c1-11(6-8-17)10-16-14(18)7-9-19-13-5-3-2-4-12(13)15/h2-5,11,17H,6-10H2,1H3,(H,16,18). The number of carbonyl (C=O) groups excluding carboxylic acids is 1. The zero-order chi connectivity index (χ0) is 14.1. The van der Waals surface area contributed by atoms with E-state index >= 15 is 0 Å². The van der Waals surface area contributed by atoms with Crippen LogP contribution in [0.3, 0.4) is 0 Å². The van der Waals surface area contributed by atoms with Crippen molar-refractivity contribution >= 4 is 17.7 Å². The van der Waals surface area contributed by atoms with Crippen molar-refractivity contribution < 1.29 is 14.3 Å². The average molecular weight is 285 g/mol. The lowest BCUT2D eigenvalue weighted by atomic mass is 10.1. The number of aliphatic hydroxyl groups is 1. The van der Waals surface area contributed by atoms with Crippen molar-refractivity contribution in [2.45, 2.75) is 24.7 Å². The lowest BCUT2D eigenvalue weighted by Crippen LogP contribution is -2.28. The fourth-order valence-corrected chi connectivity index (χ4v) is 2.40. The van der Waals surface area contributed by atoms with Crippen molar-refractivity contribution in [3.05, 3.63) is 30.1 Å². The van der Waals surface area contributed by atoms with Crippen LogP contribution in [-0.4, -0.2) is 29.9 Å². The van der Waals surface area contributed by atoms with E-state index in [2.05, 4.69) is 5.32 Å². The fraction of sp³-hybridized carbons (Fsp3) is 0.500. The van der Waals surface area contributed by atoms with E-state index in [0.717, 1.165) is 0 Å². The van der Waals surface area contributed by atoms with Crippen molar-refractivity contribution in [3.63, 3.8) is 0 Å². The summed E-state index contributed by atoms with van der Waals surface area (Å²) in [6.07, 6.45) is 1.05. The van der Waals surface area contributed by atoms with Gasteiger partial charge in [0.25, 0.3) is 0 Å². The largest absolute Gasteiger partial charge is 0.396 e. The van der Waals surface area contributed by atoms with Crippen molar-refractivity contribution in [3.8, 4) is 0 Å². The van der Waals surface area contributed by atoms with Crippen LogP contribution < -0.4 is 5.32 Å². The van der Waals surface area contributed by atoms with Crippen molar-refractivity contribution in [1.82, 2.24) is 5.32 Å². The van der Waals surface area contributed by atoms with Crippen LogP contribution in [0.15, 0.2) is 29.2 Å². The van der Waals surface area contributed by atoms with Crippen LogP contribution in [0.4, 0.5) is 4.39 Å². The summed E-state index contributed by atoms with van der Waals surface area (Å²) in [6, 6.07) is 6.55. The van der Waals surface area contributed by atoms with Gasteiger partial charge in [0.2, 0.25) is 5.91 Å². The molecular formula is C14H20FNO2S. The van der Waals surface area contributed by atoms with Crippen LogP contribution >= 0.6 is 11.8 Å². The van der Waals surface area contributed by atoms with Crippen molar-refractivity contribution in [2.24, 2.45) is 5.92 Å². The van der Waals surface area contributed by atoms with Gasteiger partial charge in [0, 0.05) is 30.2 Å². The molecule has 1 aromatic rings. The van der Waals surface area contributed by atoms with Crippen LogP contribution in [0.25, 0.3) is 0 Å². The molecule has 0 radical (unpaired) electrons. The minimum Gasteiger partial charge on any atom is -0.396 e. The van der Waals surface area contributed by atoms with Gasteiger partial charge in [-0.2, -0.15) is 0 Å². The molecule has 19 heavy (non-hydrogen) atoms. The number of halogens is 1. The molecule has 0 aliphatic rings. The van der Waals surface area contributed by atoms with E-state index in [1.807, 2.05) is 6.92 Å². The molecule has 0 bridgehead atoms. The number of carbonyl (C=O) groups is 1. The highest BCUT2D eigenvalue weighted by Gasteiger charge is 2.06. The molecule has 0 aliphatic heterocycles. The van der Waals surface area contributed by atoms with Crippen LogP contribution in [0, 0.1) is 11.7 Å². The highest BCUT2D eigenvalue weighted by Crippen LogP contribution is 2.21. The van der Waals surface area contributed by atoms with Crippen molar-refractivity contribution in [1.29, 1.82) is 0 Å². The monoisotopic (exact) mass is 285 g/mol. The zero-order valence-electron chi connectivity index (χ0n) is 11.1. The predicted octanol–water partition coefficient (Wildman–Crippen LogP) is 2.44. The van der Waals surface area contributed by atoms with Crippen LogP contribution in [0.5, 0.6) is 0 Å². The third-order valence-corrected chi connectivity index (χ3v) is 3.74. The molecule has 2 N–H and O–H groups in total. The third-order valence-electron chi connectivity index (χ3n) is 2.69. The van der Waals surface area contributed by atoms with Gasteiger partial charge in [-0.05, 0) is 24.5 Å². The Bertz CT molecular complexity index is 401. The van der Waals surface area contributed by atoms with Crippen molar-refractivity contribution in [2.75, 3.05) is 18.9 Å². The molecule has 0 aliphatic carbocycles. The maximum atomic E-state index is 13.3. The number of aliphatic hydroxyl groups excluding tert-OH is 1. The van der Waals surface area contributed by atoms with E-state index in [4.69, 9.17) is 5.11 Å². The van der Waals surface area contributed by atoms with E-state index in [1.165, 1.54) is 17.8 Å². The normalized spacial score (nSPS) is 12.2. The molecule has 1 amide bonds. The highest BCUT2D eigenvalue weighted by atomic mass is 32.2. The van der Waals surface area contributed by atoms with E-state index in [-0.39, 0.29) is 24.2 Å². The first-order valence-corrected chi connectivity index (χ1v) is 7.37. The molecule has 1 unspecified atom stereocenters. The fourth-order valence-electron chi connectivity index (χ4n) is 1.51. The lowest BCUT2D eigenvalue weighted by Gasteiger charge is -2.11. The Kier molecular flexibility index (Phi) is 7.52. The molecule has 0 saturated heterocycles. The molecule has 5 heteroatoms. The zero-order valence-corrected chi connectivity index (χ0v) is 11.9. The molecule has 106 valence electrons. The number of benzene rings is 1. The quantitative estimate of drug-likeness (QED) is 0.721. The Balaban J connectivity index is 2.19. The average Bonchev–Trinajstić information content (AvgIpc) is 2.39. The summed E-state index contributed by atoms with van der Waals surface area (Å²) in [5, 5.41) is 11.6. The van der Waals surface area contributed by atoms with Crippen LogP contribution in [0.1, 0.15) is 19.8 Å². The Labute approximate surface area is 117 Å². The van der Waals surface area contributed by atoms with E-state index in [1.54, 1.807) is 18.2 Å². The summed E-state index contributed by atoms with van der Waals surface area (Å²) >= 11 is 1.34. The maximum Gasteiger partial charge on any atom is 0.220 e. The first-order chi connectivity index (χ1) is 9.13. The van der Waals surface area contributed by atoms with E-state index in [9.17, 15) is 9.18 Å². The molecule has 1 rings (SSSR count). The molecule has 3 nitrogen and oxygen atoms in total. The number of amides is 1. The summed E-state index contributed by atoms with van der Waals surface area (Å²) in [6.45, 7) is 2.69. The smallest absolute Gasteiger partial charge is 0.220 e. The SMILES string of the molecule is CC(CCO)CNC(=O)CCSc1ccccc1F. The first kappa shape index (κ1) is 16.0. The van der Waals surface area contributed by atoms with Gasteiger partial charge in [-0.15, -0.1) is 11.8 Å². The van der Waals surface area contributed by atoms with Gasteiger partial charge in [0.15, 0.2) is 0 Å². The van der Waals surface area contributed by atoms with Crippen LogP contribution in [0.2, 0.25) is 0 Å². The van der Waals surface area contributed by atoms with Gasteiger partial charge in [-0.3, -0.25) is 4.79 Å². The number of thioether (sulfide) groups is 1. The molecule has 1 atom stereocenters. The van der Waals surface area contributed by atoms with E-state index in [0.29, 0.717) is 30.0 Å². The maximum absolute atomic E-state index is 13.3. The second kappa shape index (κ2) is 8.93. The van der Waals surface area contributed by atoms with Gasteiger partial charge < -0.3 is 10.4 Å². The van der Waals surface area contributed by atoms with E-state index < -0.39 is 0 Å². The molecule has 0 aromatic heterocycles. The molecule has 0 saturated carbocycles. The Morgan fingerprint density at radius 1 is 1.47 bits per heavy atom. The summed E-state index contributed by atoms with van der Waals surface area (Å²) < 4.78 is 13.3. The Morgan fingerprint density at radius 2 is 2.21 bits per heavy atom. The van der Waals surface area contributed by atoms with Gasteiger partial charge in [-0.25, -0.2) is 4.39 Å². The summed E-state index contributed by atoms with van der Waals surface area (Å²) in [5.74, 6) is 0.549. The second-order valence-electron chi connectivity index (χ2n) is 4.45. The number of hydrogen-bond donors (Lipinski definition) is 2. The van der Waals surface area contributed by atoms with Gasteiger partial charge in [0.1, 0.15) is 5.82 Å². The summed E-state index contributed by atoms with van der Waals surface area (Å²) in [5.41, 5.74) is 0. The first-order valence-electron chi connectivity index (χ1n) is 6.38. The van der Waals surface area contributed by atoms with Crippen LogP contribution in [-0.2, 0) is 4.79 Å². The minimum absolute atomic E-state index is 0.0337. The molecule has 0 heterocycles. The topological polar surface area (TPSA) is 49.3 Å². The summed E-state index contributed by atoms with van der Waals surface area (Å²) in [4.78, 5) is 12.1. The Hall–Kier alpha value is -1.07. The second-order valence-corrected chi connectivity index (χ2v) is 5.59. The number of hydrogen-bond acceptors (Lipinski definition) is 3. The molecule has 0 spiro atoms. The lowest BCUT2D eigenvalue weighted by molar-refractivity contribution is -0.120. The number of nitrogens with one attached hydrogen (secondary N) is 1. The number of rotatable bonds is 8. The Morgan fingerprint density at radius 3 is 2.89 bits per heavy atom. The molecule has 1 aromatic carbocycles.